The largest absolute Gasteiger partial charge is 0.403 e. The molecule has 0 rings (SSSR count). The molecule has 0 fully saturated rings. The van der Waals surface area contributed by atoms with Gasteiger partial charge in [0.05, 0.1) is 0 Å². The lowest BCUT2D eigenvalue weighted by atomic mass is 10.0. The van der Waals surface area contributed by atoms with Crippen LogP contribution in [0.3, 0.4) is 0 Å². The second kappa shape index (κ2) is 10.7. The van der Waals surface area contributed by atoms with Crippen LogP contribution in [-0.2, 0) is 0 Å². The van der Waals surface area contributed by atoms with E-state index < -0.39 is 12.2 Å². The molecule has 1 nitrogen and oxygen atoms in total. The van der Waals surface area contributed by atoms with E-state index in [1.807, 2.05) is 0 Å². The van der Waals surface area contributed by atoms with Crippen molar-refractivity contribution in [3.63, 3.8) is 0 Å². The van der Waals surface area contributed by atoms with Gasteiger partial charge in [0.25, 0.3) is 0 Å². The Morgan fingerprint density at radius 2 is 1.17 bits per heavy atom. The van der Waals surface area contributed by atoms with Crippen molar-refractivity contribution in [1.29, 1.82) is 0 Å². The number of rotatable bonds is 11. The maximum absolute atomic E-state index is 12.1. The highest BCUT2D eigenvalue weighted by Crippen LogP contribution is 2.22. The van der Waals surface area contributed by atoms with E-state index in [1.54, 1.807) is 0 Å². The van der Waals surface area contributed by atoms with Gasteiger partial charge < -0.3 is 5.73 Å². The SMILES string of the molecule is CCCCCCCCCCCC[C@H](N)C(F)(F)F. The predicted octanol–water partition coefficient (Wildman–Crippen LogP) is 5.19. The van der Waals surface area contributed by atoms with Crippen LogP contribution in [0.15, 0.2) is 0 Å². The third-order valence-electron chi connectivity index (χ3n) is 3.29. The molecule has 110 valence electrons. The molecular formula is C14H28F3N. The zero-order valence-electron chi connectivity index (χ0n) is 11.6. The maximum Gasteiger partial charge on any atom is 0.403 e. The van der Waals surface area contributed by atoms with Crippen LogP contribution in [0, 0.1) is 0 Å². The van der Waals surface area contributed by atoms with Gasteiger partial charge in [0.2, 0.25) is 0 Å². The van der Waals surface area contributed by atoms with Gasteiger partial charge in [-0.1, -0.05) is 71.1 Å². The molecule has 0 unspecified atom stereocenters. The van der Waals surface area contributed by atoms with Crippen molar-refractivity contribution < 1.29 is 13.2 Å². The Morgan fingerprint density at radius 1 is 0.778 bits per heavy atom. The number of nitrogens with two attached hydrogens (primary N) is 1. The molecule has 2 N–H and O–H groups in total. The summed E-state index contributed by atoms with van der Waals surface area (Å²) in [6.07, 6.45) is 7.18. The first-order valence-electron chi connectivity index (χ1n) is 7.30. The first-order chi connectivity index (χ1) is 8.48. The van der Waals surface area contributed by atoms with Crippen LogP contribution in [-0.4, -0.2) is 12.2 Å². The van der Waals surface area contributed by atoms with Crippen LogP contribution in [0.2, 0.25) is 0 Å². The topological polar surface area (TPSA) is 26.0 Å². The third-order valence-corrected chi connectivity index (χ3v) is 3.29. The fraction of sp³-hybridized carbons (Fsp3) is 1.00. The van der Waals surface area contributed by atoms with Gasteiger partial charge in [-0.15, -0.1) is 0 Å². The monoisotopic (exact) mass is 267 g/mol. The average Bonchev–Trinajstić information content (AvgIpc) is 2.30. The van der Waals surface area contributed by atoms with Crippen LogP contribution in [0.5, 0.6) is 0 Å². The Morgan fingerprint density at radius 3 is 1.56 bits per heavy atom. The second-order valence-corrected chi connectivity index (χ2v) is 5.12. The van der Waals surface area contributed by atoms with E-state index in [2.05, 4.69) is 6.92 Å². The first-order valence-corrected chi connectivity index (χ1v) is 7.30. The minimum Gasteiger partial charge on any atom is -0.320 e. The summed E-state index contributed by atoms with van der Waals surface area (Å²) in [6, 6.07) is -1.63. The van der Waals surface area contributed by atoms with Crippen LogP contribution >= 0.6 is 0 Å². The van der Waals surface area contributed by atoms with Gasteiger partial charge in [0.15, 0.2) is 0 Å². The van der Waals surface area contributed by atoms with Gasteiger partial charge in [-0.05, 0) is 6.42 Å². The number of hydrogen-bond acceptors (Lipinski definition) is 1. The number of hydrogen-bond donors (Lipinski definition) is 1. The van der Waals surface area contributed by atoms with Gasteiger partial charge in [-0.2, -0.15) is 13.2 Å². The predicted molar refractivity (Wildman–Crippen MR) is 70.5 cm³/mol. The summed E-state index contributed by atoms with van der Waals surface area (Å²) in [6.45, 7) is 2.20. The molecule has 0 aromatic heterocycles. The lowest BCUT2D eigenvalue weighted by molar-refractivity contribution is -0.149. The molecule has 18 heavy (non-hydrogen) atoms. The molecular weight excluding hydrogens is 239 g/mol. The molecule has 0 aliphatic heterocycles. The minimum atomic E-state index is -4.22. The number of halogens is 3. The molecule has 0 spiro atoms. The summed E-state index contributed by atoms with van der Waals surface area (Å²) in [5.74, 6) is 0. The van der Waals surface area contributed by atoms with E-state index in [0.717, 1.165) is 19.3 Å². The highest BCUT2D eigenvalue weighted by atomic mass is 19.4. The Labute approximate surface area is 109 Å². The van der Waals surface area contributed by atoms with Crippen molar-refractivity contribution in [2.75, 3.05) is 0 Å². The summed E-state index contributed by atoms with van der Waals surface area (Å²) in [5, 5.41) is 0. The Kier molecular flexibility index (Phi) is 10.5. The Balaban J connectivity index is 3.17. The van der Waals surface area contributed by atoms with Crippen LogP contribution in [0.25, 0.3) is 0 Å². The zero-order chi connectivity index (χ0) is 13.9. The molecule has 0 aromatic carbocycles. The number of unbranched alkanes of at least 4 members (excludes halogenated alkanes) is 9. The lowest BCUT2D eigenvalue weighted by Gasteiger charge is -2.14. The highest BCUT2D eigenvalue weighted by molar-refractivity contribution is 4.69. The summed E-state index contributed by atoms with van der Waals surface area (Å²) in [5.41, 5.74) is 5.03. The molecule has 4 heteroatoms. The maximum atomic E-state index is 12.1. The molecule has 0 heterocycles. The fourth-order valence-electron chi connectivity index (χ4n) is 2.02. The standard InChI is InChI=1S/C14H28F3N/c1-2-3-4-5-6-7-8-9-10-11-12-13(18)14(15,16)17/h13H,2-12,18H2,1H3/t13-/m0/s1. The Hall–Kier alpha value is -0.250. The third kappa shape index (κ3) is 10.9. The van der Waals surface area contributed by atoms with Crippen molar-refractivity contribution in [1.82, 2.24) is 0 Å². The quantitative estimate of drug-likeness (QED) is 0.512. The molecule has 0 amide bonds. The highest BCUT2D eigenvalue weighted by Gasteiger charge is 2.35. The number of alkyl halides is 3. The zero-order valence-corrected chi connectivity index (χ0v) is 11.6. The average molecular weight is 267 g/mol. The van der Waals surface area contributed by atoms with E-state index in [9.17, 15) is 13.2 Å². The molecule has 1 atom stereocenters. The first kappa shape index (κ1) is 17.8. The lowest BCUT2D eigenvalue weighted by Crippen LogP contribution is -2.37. The molecule has 0 radical (unpaired) electrons. The van der Waals surface area contributed by atoms with Crippen LogP contribution in [0.4, 0.5) is 13.2 Å². The van der Waals surface area contributed by atoms with Crippen molar-refractivity contribution in [3.05, 3.63) is 0 Å². The molecule has 0 saturated heterocycles. The molecule has 0 saturated carbocycles. The minimum absolute atomic E-state index is 0.0694. The summed E-state index contributed by atoms with van der Waals surface area (Å²) < 4.78 is 36.3. The van der Waals surface area contributed by atoms with E-state index in [4.69, 9.17) is 5.73 Å². The smallest absolute Gasteiger partial charge is 0.320 e. The van der Waals surface area contributed by atoms with E-state index in [0.29, 0.717) is 6.42 Å². The van der Waals surface area contributed by atoms with Crippen molar-refractivity contribution in [3.8, 4) is 0 Å². The van der Waals surface area contributed by atoms with Gasteiger partial charge in [-0.25, -0.2) is 0 Å². The van der Waals surface area contributed by atoms with Gasteiger partial charge in [0, 0.05) is 0 Å². The van der Waals surface area contributed by atoms with E-state index in [-0.39, 0.29) is 6.42 Å². The van der Waals surface area contributed by atoms with Gasteiger partial charge >= 0.3 is 6.18 Å². The van der Waals surface area contributed by atoms with E-state index >= 15 is 0 Å². The van der Waals surface area contributed by atoms with E-state index in [1.165, 1.54) is 38.5 Å². The van der Waals surface area contributed by atoms with Crippen molar-refractivity contribution in [2.24, 2.45) is 5.73 Å². The van der Waals surface area contributed by atoms with Crippen molar-refractivity contribution in [2.45, 2.75) is 89.8 Å². The van der Waals surface area contributed by atoms with Gasteiger partial charge in [0.1, 0.15) is 6.04 Å². The summed E-state index contributed by atoms with van der Waals surface area (Å²) in [7, 11) is 0. The second-order valence-electron chi connectivity index (χ2n) is 5.12. The summed E-state index contributed by atoms with van der Waals surface area (Å²) in [4.78, 5) is 0. The molecule has 0 aromatic rings. The van der Waals surface area contributed by atoms with Crippen LogP contribution < -0.4 is 5.73 Å². The van der Waals surface area contributed by atoms with Gasteiger partial charge in [-0.3, -0.25) is 0 Å². The molecule has 0 aliphatic carbocycles. The summed E-state index contributed by atoms with van der Waals surface area (Å²) >= 11 is 0. The van der Waals surface area contributed by atoms with Crippen molar-refractivity contribution >= 4 is 0 Å². The fourth-order valence-corrected chi connectivity index (χ4v) is 2.02. The molecule has 0 aliphatic rings. The Bertz CT molecular complexity index is 180. The normalized spacial score (nSPS) is 13.8. The molecule has 0 bridgehead atoms. The van der Waals surface area contributed by atoms with Crippen LogP contribution in [0.1, 0.15) is 77.6 Å².